The standard InChI is InChI=1S/C12H19NO2/c1-8-4-9(2)12(10(3)5-8)15-7-11(13)6-14/h4-5,11,14H,6-7,13H2,1-3H3. The van der Waals surface area contributed by atoms with E-state index in [4.69, 9.17) is 15.6 Å². The Labute approximate surface area is 90.9 Å². The second-order valence-electron chi connectivity index (χ2n) is 3.98. The Bertz CT molecular complexity index is 313. The molecule has 1 unspecified atom stereocenters. The first-order valence-corrected chi connectivity index (χ1v) is 5.11. The maximum absolute atomic E-state index is 8.79. The fourth-order valence-corrected chi connectivity index (χ4v) is 1.64. The predicted octanol–water partition coefficient (Wildman–Crippen LogP) is 1.31. The first kappa shape index (κ1) is 12.0. The van der Waals surface area contributed by atoms with Crippen molar-refractivity contribution in [3.05, 3.63) is 28.8 Å². The van der Waals surface area contributed by atoms with Crippen LogP contribution in [0.2, 0.25) is 0 Å². The quantitative estimate of drug-likeness (QED) is 0.786. The number of benzene rings is 1. The summed E-state index contributed by atoms with van der Waals surface area (Å²) in [5, 5.41) is 8.79. The second-order valence-corrected chi connectivity index (χ2v) is 3.98. The second kappa shape index (κ2) is 5.14. The zero-order chi connectivity index (χ0) is 11.4. The zero-order valence-corrected chi connectivity index (χ0v) is 9.58. The van der Waals surface area contributed by atoms with Gasteiger partial charge in [-0.15, -0.1) is 0 Å². The molecule has 1 rings (SSSR count). The van der Waals surface area contributed by atoms with Crippen LogP contribution in [-0.4, -0.2) is 24.4 Å². The van der Waals surface area contributed by atoms with Crippen LogP contribution in [0.15, 0.2) is 12.1 Å². The lowest BCUT2D eigenvalue weighted by Gasteiger charge is -2.15. The largest absolute Gasteiger partial charge is 0.491 e. The van der Waals surface area contributed by atoms with Crippen LogP contribution >= 0.6 is 0 Å². The Morgan fingerprint density at radius 1 is 1.27 bits per heavy atom. The van der Waals surface area contributed by atoms with E-state index < -0.39 is 0 Å². The van der Waals surface area contributed by atoms with E-state index in [2.05, 4.69) is 19.1 Å². The van der Waals surface area contributed by atoms with Crippen LogP contribution in [0.3, 0.4) is 0 Å². The third kappa shape index (κ3) is 3.22. The van der Waals surface area contributed by atoms with Gasteiger partial charge >= 0.3 is 0 Å². The highest BCUT2D eigenvalue weighted by molar-refractivity contribution is 5.42. The summed E-state index contributed by atoms with van der Waals surface area (Å²) in [6.45, 7) is 6.38. The number of nitrogens with two attached hydrogens (primary N) is 1. The van der Waals surface area contributed by atoms with E-state index in [9.17, 15) is 0 Å². The molecule has 0 saturated heterocycles. The molecule has 0 heterocycles. The summed E-state index contributed by atoms with van der Waals surface area (Å²) in [4.78, 5) is 0. The smallest absolute Gasteiger partial charge is 0.125 e. The Hall–Kier alpha value is -1.06. The van der Waals surface area contributed by atoms with Crippen molar-refractivity contribution in [2.24, 2.45) is 5.73 Å². The lowest BCUT2D eigenvalue weighted by atomic mass is 10.1. The van der Waals surface area contributed by atoms with E-state index in [0.29, 0.717) is 6.61 Å². The minimum atomic E-state index is -0.315. The molecule has 0 aliphatic carbocycles. The summed E-state index contributed by atoms with van der Waals surface area (Å²) in [6.07, 6.45) is 0. The van der Waals surface area contributed by atoms with E-state index in [1.54, 1.807) is 0 Å². The SMILES string of the molecule is Cc1cc(C)c(OCC(N)CO)c(C)c1. The molecule has 0 bridgehead atoms. The van der Waals surface area contributed by atoms with Crippen LogP contribution in [0, 0.1) is 20.8 Å². The summed E-state index contributed by atoms with van der Waals surface area (Å²) < 4.78 is 5.59. The summed E-state index contributed by atoms with van der Waals surface area (Å²) in [6, 6.07) is 3.84. The molecule has 0 saturated carbocycles. The topological polar surface area (TPSA) is 55.5 Å². The lowest BCUT2D eigenvalue weighted by Crippen LogP contribution is -2.31. The van der Waals surface area contributed by atoms with E-state index in [0.717, 1.165) is 16.9 Å². The van der Waals surface area contributed by atoms with Crippen molar-refractivity contribution in [3.8, 4) is 5.75 Å². The summed E-state index contributed by atoms with van der Waals surface area (Å²) in [5.41, 5.74) is 9.02. The molecule has 1 aromatic rings. The van der Waals surface area contributed by atoms with Gasteiger partial charge in [-0.25, -0.2) is 0 Å². The molecule has 3 heteroatoms. The molecule has 0 spiro atoms. The zero-order valence-electron chi connectivity index (χ0n) is 9.58. The minimum absolute atomic E-state index is 0.0516. The molecule has 0 aliphatic heterocycles. The number of hydrogen-bond donors (Lipinski definition) is 2. The van der Waals surface area contributed by atoms with Crippen molar-refractivity contribution in [2.45, 2.75) is 26.8 Å². The minimum Gasteiger partial charge on any atom is -0.491 e. The highest BCUT2D eigenvalue weighted by atomic mass is 16.5. The number of aliphatic hydroxyl groups is 1. The first-order chi connectivity index (χ1) is 7.04. The van der Waals surface area contributed by atoms with E-state index in [1.165, 1.54) is 5.56 Å². The normalized spacial score (nSPS) is 12.6. The van der Waals surface area contributed by atoms with Gasteiger partial charge < -0.3 is 15.6 Å². The third-order valence-corrected chi connectivity index (χ3v) is 2.28. The van der Waals surface area contributed by atoms with Gasteiger partial charge in [0.2, 0.25) is 0 Å². The third-order valence-electron chi connectivity index (χ3n) is 2.28. The summed E-state index contributed by atoms with van der Waals surface area (Å²) in [7, 11) is 0. The van der Waals surface area contributed by atoms with Crippen LogP contribution in [0.4, 0.5) is 0 Å². The lowest BCUT2D eigenvalue weighted by molar-refractivity contribution is 0.205. The van der Waals surface area contributed by atoms with Crippen molar-refractivity contribution in [1.29, 1.82) is 0 Å². The predicted molar refractivity (Wildman–Crippen MR) is 61.2 cm³/mol. The number of aliphatic hydroxyl groups excluding tert-OH is 1. The van der Waals surface area contributed by atoms with E-state index in [-0.39, 0.29) is 12.6 Å². The molecular weight excluding hydrogens is 190 g/mol. The van der Waals surface area contributed by atoms with Crippen LogP contribution in [0.25, 0.3) is 0 Å². The molecule has 0 amide bonds. The van der Waals surface area contributed by atoms with Gasteiger partial charge in [0.1, 0.15) is 12.4 Å². The Kier molecular flexibility index (Phi) is 4.12. The Morgan fingerprint density at radius 2 is 1.80 bits per heavy atom. The molecule has 0 aliphatic rings. The van der Waals surface area contributed by atoms with Crippen molar-refractivity contribution in [3.63, 3.8) is 0 Å². The number of aryl methyl sites for hydroxylation is 3. The molecule has 0 radical (unpaired) electrons. The van der Waals surface area contributed by atoms with E-state index >= 15 is 0 Å². The van der Waals surface area contributed by atoms with Crippen LogP contribution in [0.5, 0.6) is 5.75 Å². The maximum atomic E-state index is 8.79. The molecule has 84 valence electrons. The van der Waals surface area contributed by atoms with Crippen molar-refractivity contribution < 1.29 is 9.84 Å². The molecule has 3 nitrogen and oxygen atoms in total. The molecule has 0 aromatic heterocycles. The van der Waals surface area contributed by atoms with Crippen molar-refractivity contribution in [2.75, 3.05) is 13.2 Å². The Balaban J connectivity index is 2.77. The van der Waals surface area contributed by atoms with Gasteiger partial charge in [0, 0.05) is 0 Å². The highest BCUT2D eigenvalue weighted by Gasteiger charge is 2.07. The molecular formula is C12H19NO2. The maximum Gasteiger partial charge on any atom is 0.125 e. The molecule has 15 heavy (non-hydrogen) atoms. The molecule has 3 N–H and O–H groups in total. The number of hydrogen-bond acceptors (Lipinski definition) is 3. The summed E-state index contributed by atoms with van der Waals surface area (Å²) >= 11 is 0. The van der Waals surface area contributed by atoms with Crippen LogP contribution in [0.1, 0.15) is 16.7 Å². The molecule has 0 fully saturated rings. The van der Waals surface area contributed by atoms with Crippen molar-refractivity contribution >= 4 is 0 Å². The average Bonchev–Trinajstić information content (AvgIpc) is 2.15. The fourth-order valence-electron chi connectivity index (χ4n) is 1.64. The number of ether oxygens (including phenoxy) is 1. The van der Waals surface area contributed by atoms with Gasteiger partial charge in [0.25, 0.3) is 0 Å². The average molecular weight is 209 g/mol. The summed E-state index contributed by atoms with van der Waals surface area (Å²) in [5.74, 6) is 0.879. The monoisotopic (exact) mass is 209 g/mol. The van der Waals surface area contributed by atoms with Gasteiger partial charge in [0.15, 0.2) is 0 Å². The first-order valence-electron chi connectivity index (χ1n) is 5.11. The molecule has 1 atom stereocenters. The van der Waals surface area contributed by atoms with E-state index in [1.807, 2.05) is 13.8 Å². The van der Waals surface area contributed by atoms with Crippen molar-refractivity contribution in [1.82, 2.24) is 0 Å². The Morgan fingerprint density at radius 3 is 2.27 bits per heavy atom. The van der Waals surface area contributed by atoms with Gasteiger partial charge in [-0.3, -0.25) is 0 Å². The van der Waals surface area contributed by atoms with Crippen LogP contribution in [-0.2, 0) is 0 Å². The van der Waals surface area contributed by atoms with Gasteiger partial charge in [-0.1, -0.05) is 17.7 Å². The highest BCUT2D eigenvalue weighted by Crippen LogP contribution is 2.24. The van der Waals surface area contributed by atoms with Gasteiger partial charge in [0.05, 0.1) is 12.6 Å². The van der Waals surface area contributed by atoms with Gasteiger partial charge in [-0.05, 0) is 31.9 Å². The fraction of sp³-hybridized carbons (Fsp3) is 0.500. The van der Waals surface area contributed by atoms with Crippen LogP contribution < -0.4 is 10.5 Å². The number of rotatable bonds is 4. The van der Waals surface area contributed by atoms with Gasteiger partial charge in [-0.2, -0.15) is 0 Å². The molecule has 1 aromatic carbocycles.